The van der Waals surface area contributed by atoms with Crippen molar-refractivity contribution in [1.29, 1.82) is 0 Å². The summed E-state index contributed by atoms with van der Waals surface area (Å²) in [5.41, 5.74) is 2.35. The van der Waals surface area contributed by atoms with Crippen molar-refractivity contribution in [3.8, 4) is 0 Å². The van der Waals surface area contributed by atoms with E-state index >= 15 is 0 Å². The maximum Gasteiger partial charge on any atom is 0.323 e. The highest BCUT2D eigenvalue weighted by atomic mass is 35.5. The van der Waals surface area contributed by atoms with Crippen LogP contribution in [0.5, 0.6) is 0 Å². The number of hydrogen-bond acceptors (Lipinski definition) is 3. The molecule has 0 saturated carbocycles. The number of carbonyl (C=O) groups excluding carboxylic acids is 1. The van der Waals surface area contributed by atoms with Crippen molar-refractivity contribution in [2.45, 2.75) is 0 Å². The predicted octanol–water partition coefficient (Wildman–Crippen LogP) is 4.39. The first-order valence-corrected chi connectivity index (χ1v) is 8.84. The lowest BCUT2D eigenvalue weighted by Gasteiger charge is -2.34. The maximum absolute atomic E-state index is 12.1. The molecule has 7 heteroatoms. The van der Waals surface area contributed by atoms with E-state index in [-0.39, 0.29) is 6.03 Å². The summed E-state index contributed by atoms with van der Waals surface area (Å²) in [6.07, 6.45) is 0. The van der Waals surface area contributed by atoms with Crippen LogP contribution >= 0.6 is 23.2 Å². The molecule has 5 nitrogen and oxygen atoms in total. The predicted molar refractivity (Wildman–Crippen MR) is 105 cm³/mol. The molecule has 0 bridgehead atoms. The molecule has 2 aromatic rings. The largest absolute Gasteiger partial charge is 0.369 e. The van der Waals surface area contributed by atoms with Gasteiger partial charge in [0.05, 0.1) is 15.7 Å². The van der Waals surface area contributed by atoms with Crippen LogP contribution in [0, 0.1) is 0 Å². The summed E-state index contributed by atoms with van der Waals surface area (Å²) in [5.74, 6) is 0. The molecular formula is C18H20Cl2N4O. The lowest BCUT2D eigenvalue weighted by atomic mass is 10.2. The second-order valence-electron chi connectivity index (χ2n) is 6.02. The van der Waals surface area contributed by atoms with Crippen LogP contribution < -0.4 is 15.5 Å². The van der Waals surface area contributed by atoms with Crippen molar-refractivity contribution in [3.05, 3.63) is 52.5 Å². The number of hydrogen-bond donors (Lipinski definition) is 2. The third-order valence-corrected chi connectivity index (χ3v) is 5.01. The number of benzene rings is 2. The fraction of sp³-hybridized carbons (Fsp3) is 0.278. The number of urea groups is 1. The minimum absolute atomic E-state index is 0.324. The Morgan fingerprint density at radius 3 is 2.32 bits per heavy atom. The van der Waals surface area contributed by atoms with Crippen molar-refractivity contribution >= 4 is 46.3 Å². The zero-order valence-corrected chi connectivity index (χ0v) is 15.4. The Balaban J connectivity index is 1.59. The number of nitrogens with zero attached hydrogens (tertiary/aromatic N) is 2. The molecule has 0 atom stereocenters. The van der Waals surface area contributed by atoms with E-state index in [9.17, 15) is 4.79 Å². The van der Waals surface area contributed by atoms with Crippen LogP contribution in [0.15, 0.2) is 42.5 Å². The van der Waals surface area contributed by atoms with E-state index in [0.29, 0.717) is 21.4 Å². The Kier molecular flexibility index (Phi) is 5.68. The van der Waals surface area contributed by atoms with Crippen LogP contribution in [0.3, 0.4) is 0 Å². The zero-order valence-electron chi connectivity index (χ0n) is 13.9. The lowest BCUT2D eigenvalue weighted by Crippen LogP contribution is -2.44. The molecule has 0 unspecified atom stereocenters. The van der Waals surface area contributed by atoms with Crippen LogP contribution in [0.2, 0.25) is 10.0 Å². The van der Waals surface area contributed by atoms with E-state index in [1.54, 1.807) is 18.2 Å². The fourth-order valence-corrected chi connectivity index (χ4v) is 3.05. The summed E-state index contributed by atoms with van der Waals surface area (Å²) in [5, 5.41) is 6.22. The monoisotopic (exact) mass is 378 g/mol. The normalized spacial score (nSPS) is 15.1. The summed E-state index contributed by atoms with van der Waals surface area (Å²) >= 11 is 12.0. The number of halogens is 2. The average molecular weight is 379 g/mol. The van der Waals surface area contributed by atoms with Crippen molar-refractivity contribution < 1.29 is 4.79 Å². The van der Waals surface area contributed by atoms with Gasteiger partial charge in [0.15, 0.2) is 0 Å². The summed E-state index contributed by atoms with van der Waals surface area (Å²) < 4.78 is 0. The van der Waals surface area contributed by atoms with Crippen LogP contribution in [-0.4, -0.2) is 44.2 Å². The zero-order chi connectivity index (χ0) is 17.8. The van der Waals surface area contributed by atoms with E-state index in [4.69, 9.17) is 23.2 Å². The Morgan fingerprint density at radius 2 is 1.64 bits per heavy atom. The van der Waals surface area contributed by atoms with Gasteiger partial charge in [0.1, 0.15) is 0 Å². The summed E-state index contributed by atoms with van der Waals surface area (Å²) in [6, 6.07) is 12.6. The van der Waals surface area contributed by atoms with Crippen LogP contribution in [0.1, 0.15) is 0 Å². The third-order valence-electron chi connectivity index (χ3n) is 4.19. The van der Waals surface area contributed by atoms with E-state index in [1.807, 2.05) is 24.3 Å². The van der Waals surface area contributed by atoms with Crippen molar-refractivity contribution in [2.24, 2.45) is 0 Å². The summed E-state index contributed by atoms with van der Waals surface area (Å²) in [7, 11) is 2.13. The van der Waals surface area contributed by atoms with Crippen LogP contribution in [0.25, 0.3) is 0 Å². The minimum Gasteiger partial charge on any atom is -0.369 e. The molecule has 3 rings (SSSR count). The van der Waals surface area contributed by atoms with E-state index in [0.717, 1.165) is 31.9 Å². The van der Waals surface area contributed by atoms with Gasteiger partial charge in [0.25, 0.3) is 0 Å². The topological polar surface area (TPSA) is 47.6 Å². The molecule has 132 valence electrons. The highest BCUT2D eigenvalue weighted by molar-refractivity contribution is 6.44. The van der Waals surface area contributed by atoms with Gasteiger partial charge >= 0.3 is 6.03 Å². The molecule has 1 heterocycles. The van der Waals surface area contributed by atoms with Crippen LogP contribution in [0.4, 0.5) is 21.9 Å². The molecule has 0 aromatic heterocycles. The number of anilines is 3. The fourth-order valence-electron chi connectivity index (χ4n) is 2.71. The van der Waals surface area contributed by atoms with Gasteiger partial charge in [-0.25, -0.2) is 4.79 Å². The van der Waals surface area contributed by atoms with Gasteiger partial charge < -0.3 is 20.4 Å². The first kappa shape index (κ1) is 17.9. The molecule has 1 fully saturated rings. The Hall–Kier alpha value is -1.95. The van der Waals surface area contributed by atoms with Gasteiger partial charge in [-0.05, 0) is 43.4 Å². The van der Waals surface area contributed by atoms with Crippen molar-refractivity contribution in [2.75, 3.05) is 48.8 Å². The van der Waals surface area contributed by atoms with Gasteiger partial charge in [0.2, 0.25) is 0 Å². The average Bonchev–Trinajstić information content (AvgIpc) is 2.60. The molecule has 0 spiro atoms. The first-order chi connectivity index (χ1) is 12.0. The van der Waals surface area contributed by atoms with E-state index in [1.165, 1.54) is 0 Å². The molecule has 1 aliphatic heterocycles. The van der Waals surface area contributed by atoms with Crippen LogP contribution in [-0.2, 0) is 0 Å². The van der Waals surface area contributed by atoms with Gasteiger partial charge in [0, 0.05) is 37.6 Å². The van der Waals surface area contributed by atoms with E-state index < -0.39 is 0 Å². The van der Waals surface area contributed by atoms with Crippen molar-refractivity contribution in [1.82, 2.24) is 4.90 Å². The van der Waals surface area contributed by atoms with Gasteiger partial charge in [-0.15, -0.1) is 0 Å². The van der Waals surface area contributed by atoms with Crippen molar-refractivity contribution in [3.63, 3.8) is 0 Å². The standard InChI is InChI=1S/C18H20Cl2N4O/c1-23-9-11-24(12-10-23)14-7-5-13(6-8-14)21-18(25)22-16-4-2-3-15(19)17(16)20/h2-8H,9-12H2,1H3,(H2,21,22,25). The molecule has 0 aliphatic carbocycles. The Bertz CT molecular complexity index is 743. The summed E-state index contributed by atoms with van der Waals surface area (Å²) in [4.78, 5) is 16.8. The number of amides is 2. The smallest absolute Gasteiger partial charge is 0.323 e. The van der Waals surface area contributed by atoms with Gasteiger partial charge in [-0.3, -0.25) is 0 Å². The quantitative estimate of drug-likeness (QED) is 0.832. The number of carbonyl (C=O) groups is 1. The molecule has 2 amide bonds. The number of piperazine rings is 1. The Morgan fingerprint density at radius 1 is 0.960 bits per heavy atom. The highest BCUT2D eigenvalue weighted by Gasteiger charge is 2.14. The summed E-state index contributed by atoms with van der Waals surface area (Å²) in [6.45, 7) is 4.14. The number of nitrogens with one attached hydrogen (secondary N) is 2. The molecule has 2 aromatic carbocycles. The second kappa shape index (κ2) is 7.95. The molecule has 2 N–H and O–H groups in total. The third kappa shape index (κ3) is 4.57. The molecule has 1 aliphatic rings. The second-order valence-corrected chi connectivity index (χ2v) is 6.80. The van der Waals surface area contributed by atoms with E-state index in [2.05, 4.69) is 27.5 Å². The lowest BCUT2D eigenvalue weighted by molar-refractivity contribution is 0.262. The maximum atomic E-state index is 12.1. The SMILES string of the molecule is CN1CCN(c2ccc(NC(=O)Nc3cccc(Cl)c3Cl)cc2)CC1. The molecule has 0 radical (unpaired) electrons. The number of likely N-dealkylation sites (N-methyl/N-ethyl adjacent to an activating group) is 1. The van der Waals surface area contributed by atoms with Gasteiger partial charge in [-0.1, -0.05) is 29.3 Å². The molecular weight excluding hydrogens is 359 g/mol. The molecule has 25 heavy (non-hydrogen) atoms. The minimum atomic E-state index is -0.364. The molecule has 1 saturated heterocycles. The van der Waals surface area contributed by atoms with Gasteiger partial charge in [-0.2, -0.15) is 0 Å². The first-order valence-electron chi connectivity index (χ1n) is 8.08. The number of rotatable bonds is 3. The Labute approximate surface area is 157 Å². The highest BCUT2D eigenvalue weighted by Crippen LogP contribution is 2.29.